The fourth-order valence-corrected chi connectivity index (χ4v) is 9.72. The van der Waals surface area contributed by atoms with E-state index >= 15 is 0 Å². The van der Waals surface area contributed by atoms with Gasteiger partial charge in [0, 0.05) is 43.0 Å². The van der Waals surface area contributed by atoms with Crippen LogP contribution in [-0.4, -0.2) is 87.6 Å². The van der Waals surface area contributed by atoms with Gasteiger partial charge in [-0.1, -0.05) is 57.2 Å². The Hall–Kier alpha value is -6.75. The number of alkyl halides is 3. The van der Waals surface area contributed by atoms with Crippen molar-refractivity contribution < 1.29 is 41.8 Å². The Kier molecular flexibility index (Phi) is 15.4. The minimum absolute atomic E-state index is 0.00635. The zero-order chi connectivity index (χ0) is 50.5. The first-order valence-electron chi connectivity index (χ1n) is 22.6. The number of likely N-dealkylation sites (tertiary alicyclic amines) is 1. The van der Waals surface area contributed by atoms with Crippen LogP contribution >= 0.6 is 23.6 Å². The first-order chi connectivity index (χ1) is 33.2. The van der Waals surface area contributed by atoms with Crippen molar-refractivity contribution in [3.63, 3.8) is 0 Å². The van der Waals surface area contributed by atoms with Crippen molar-refractivity contribution in [2.45, 2.75) is 91.1 Å². The van der Waals surface area contributed by atoms with Crippen molar-refractivity contribution in [1.82, 2.24) is 25.5 Å². The lowest BCUT2D eigenvalue weighted by Gasteiger charge is -2.35. The third-order valence-electron chi connectivity index (χ3n) is 12.2. The zero-order valence-electron chi connectivity index (χ0n) is 39.6. The number of carbonyl (C=O) groups excluding carboxylic acids is 4. The summed E-state index contributed by atoms with van der Waals surface area (Å²) in [6.45, 7) is 12.0. The van der Waals surface area contributed by atoms with E-state index in [4.69, 9.17) is 21.7 Å². The monoisotopic (exact) mass is 994 g/mol. The van der Waals surface area contributed by atoms with Crippen LogP contribution in [0.2, 0.25) is 0 Å². The molecule has 14 nitrogen and oxygen atoms in total. The van der Waals surface area contributed by atoms with E-state index in [-0.39, 0.29) is 54.8 Å². The van der Waals surface area contributed by atoms with E-state index in [1.54, 1.807) is 65.4 Å². The number of nitrogens with zero attached hydrogens (tertiary/aromatic N) is 6. The van der Waals surface area contributed by atoms with Gasteiger partial charge in [-0.3, -0.25) is 24.1 Å². The zero-order valence-corrected chi connectivity index (χ0v) is 41.2. The van der Waals surface area contributed by atoms with Crippen molar-refractivity contribution in [3.05, 3.63) is 113 Å². The number of hydrogen-bond acceptors (Lipinski definition) is 11. The second-order valence-corrected chi connectivity index (χ2v) is 19.8. The first kappa shape index (κ1) is 51.1. The molecule has 2 saturated heterocycles. The van der Waals surface area contributed by atoms with Crippen molar-refractivity contribution in [3.8, 4) is 33.5 Å². The van der Waals surface area contributed by atoms with Gasteiger partial charge in [-0.2, -0.15) is 18.4 Å². The number of ether oxygens (including phenoxy) is 2. The van der Waals surface area contributed by atoms with Gasteiger partial charge in [0.25, 0.3) is 5.91 Å². The Balaban J connectivity index is 0.852. The highest BCUT2D eigenvalue weighted by Gasteiger charge is 2.51. The molecule has 0 spiro atoms. The summed E-state index contributed by atoms with van der Waals surface area (Å²) in [6.07, 6.45) is -1.97. The number of carbonyl (C=O) groups is 4. The molecule has 4 heterocycles. The van der Waals surface area contributed by atoms with Gasteiger partial charge >= 0.3 is 6.18 Å². The maximum absolute atomic E-state index is 14.0. The number of nitriles is 1. The lowest BCUT2D eigenvalue weighted by atomic mass is 9.85. The highest BCUT2D eigenvalue weighted by molar-refractivity contribution is 7.81. The van der Waals surface area contributed by atoms with Crippen LogP contribution in [0, 0.1) is 23.7 Å². The molecule has 2 aromatic heterocycles. The van der Waals surface area contributed by atoms with Crippen molar-refractivity contribution in [1.29, 1.82) is 5.26 Å². The molecule has 2 atom stereocenters. The fraction of sp³-hybridized carbons (Fsp3) is 0.373. The van der Waals surface area contributed by atoms with Crippen molar-refractivity contribution in [2.24, 2.45) is 5.41 Å². The largest absolute Gasteiger partial charge is 0.475 e. The summed E-state index contributed by atoms with van der Waals surface area (Å²) >= 11 is 7.24. The molecule has 19 heteroatoms. The van der Waals surface area contributed by atoms with Gasteiger partial charge in [0.1, 0.15) is 24.2 Å². The Morgan fingerprint density at radius 2 is 1.63 bits per heavy atom. The Bertz CT molecular complexity index is 2790. The van der Waals surface area contributed by atoms with Crippen LogP contribution in [0.25, 0.3) is 21.6 Å². The van der Waals surface area contributed by atoms with Crippen LogP contribution < -0.4 is 25.2 Å². The number of aromatic nitrogens is 2. The number of hydrogen-bond donors (Lipinski definition) is 2. The molecule has 2 aliphatic rings. The molecule has 3 aromatic carbocycles. The number of amides is 4. The third-order valence-corrected chi connectivity index (χ3v) is 13.5. The molecule has 366 valence electrons. The van der Waals surface area contributed by atoms with Crippen LogP contribution in [0.5, 0.6) is 5.88 Å². The number of aryl methyl sites for hydroxylation is 1. The fourth-order valence-electron chi connectivity index (χ4n) is 8.38. The van der Waals surface area contributed by atoms with E-state index in [1.807, 2.05) is 75.7 Å². The standard InChI is InChI=1S/C51H53F3N8O6S2/c1-31-43(70-30-58-31)34-11-9-32(10-12-34)28-57-45(64)40-8-7-22-60(40)46(65)44(49(2,3)4)59-41(63)21-23-67-24-25-68-42-20-16-36(29-56-42)33-13-17-37(18-14-33)62-48(69)61(47(66)50(62,5)6)38-19-15-35(27-55)39(26-38)51(52,53)54/h9-20,26,29-30,40,44H,7-8,21-25,28H2,1-6H3,(H,57,64)(H,59,63)/t40-,44?/m0/s1. The second kappa shape index (κ2) is 21.1. The van der Waals surface area contributed by atoms with Crippen LogP contribution in [0.1, 0.15) is 76.3 Å². The number of nitrogens with one attached hydrogen (secondary N) is 2. The maximum atomic E-state index is 14.0. The lowest BCUT2D eigenvalue weighted by Crippen LogP contribution is -2.57. The molecule has 0 saturated carbocycles. The Morgan fingerprint density at radius 3 is 2.26 bits per heavy atom. The average molecular weight is 995 g/mol. The summed E-state index contributed by atoms with van der Waals surface area (Å²) in [5.74, 6) is -1.07. The lowest BCUT2D eigenvalue weighted by molar-refractivity contribution is -0.144. The van der Waals surface area contributed by atoms with E-state index in [0.717, 1.165) is 49.9 Å². The number of thiocarbonyl (C=S) groups is 1. The number of pyridine rings is 1. The van der Waals surface area contributed by atoms with E-state index < -0.39 is 46.2 Å². The molecule has 5 aromatic rings. The molecular formula is C51H53F3N8O6S2. The van der Waals surface area contributed by atoms with E-state index in [0.29, 0.717) is 37.5 Å². The molecule has 4 amide bonds. The smallest absolute Gasteiger partial charge is 0.417 e. The van der Waals surface area contributed by atoms with Crippen LogP contribution in [0.3, 0.4) is 0 Å². The summed E-state index contributed by atoms with van der Waals surface area (Å²) in [6, 6.07) is 21.7. The molecule has 1 unspecified atom stereocenters. The molecule has 0 radical (unpaired) electrons. The van der Waals surface area contributed by atoms with Gasteiger partial charge in [-0.05, 0) is 104 Å². The number of rotatable bonds is 16. The summed E-state index contributed by atoms with van der Waals surface area (Å²) in [4.78, 5) is 68.2. The minimum Gasteiger partial charge on any atom is -0.475 e. The summed E-state index contributed by atoms with van der Waals surface area (Å²) in [5, 5.41) is 15.1. The number of anilines is 2. The number of halogens is 3. The van der Waals surface area contributed by atoms with Gasteiger partial charge < -0.3 is 29.9 Å². The summed E-state index contributed by atoms with van der Waals surface area (Å²) in [5.41, 5.74) is 3.19. The minimum atomic E-state index is -4.81. The predicted octanol–water partition coefficient (Wildman–Crippen LogP) is 8.61. The van der Waals surface area contributed by atoms with Gasteiger partial charge in [-0.15, -0.1) is 11.3 Å². The van der Waals surface area contributed by atoms with Gasteiger partial charge in [0.2, 0.25) is 23.6 Å². The van der Waals surface area contributed by atoms with Crippen LogP contribution in [0.15, 0.2) is 90.6 Å². The average Bonchev–Trinajstić information content (AvgIpc) is 4.04. The number of benzene rings is 3. The molecule has 0 bridgehead atoms. The normalized spacial score (nSPS) is 16.3. The van der Waals surface area contributed by atoms with Crippen molar-refractivity contribution in [2.75, 3.05) is 36.2 Å². The SMILES string of the molecule is Cc1ncsc1-c1ccc(CNC(=O)[C@@H]2CCCN2C(=O)C(NC(=O)CCOCCOc2ccc(-c3ccc(N4C(=S)N(c5ccc(C#N)c(C(F)(F)F)c5)C(=O)C4(C)C)cc3)cn2)C(C)(C)C)cc1. The van der Waals surface area contributed by atoms with E-state index in [2.05, 4.69) is 20.6 Å². The van der Waals surface area contributed by atoms with Gasteiger partial charge in [-0.25, -0.2) is 9.97 Å². The number of thiazole rings is 1. The highest BCUT2D eigenvalue weighted by atomic mass is 32.1. The van der Waals surface area contributed by atoms with E-state index in [9.17, 15) is 37.6 Å². The molecule has 7 rings (SSSR count). The molecule has 70 heavy (non-hydrogen) atoms. The predicted molar refractivity (Wildman–Crippen MR) is 264 cm³/mol. The van der Waals surface area contributed by atoms with Gasteiger partial charge in [0.15, 0.2) is 5.11 Å². The summed E-state index contributed by atoms with van der Waals surface area (Å²) < 4.78 is 52.7. The Morgan fingerprint density at radius 1 is 0.943 bits per heavy atom. The van der Waals surface area contributed by atoms with Crippen molar-refractivity contribution >= 4 is 63.7 Å². The topological polar surface area (TPSA) is 170 Å². The molecule has 2 aliphatic heterocycles. The quantitative estimate of drug-likeness (QED) is 0.0717. The van der Waals surface area contributed by atoms with E-state index in [1.165, 1.54) is 6.07 Å². The summed E-state index contributed by atoms with van der Waals surface area (Å²) in [7, 11) is 0. The Labute approximate surface area is 413 Å². The first-order valence-corrected chi connectivity index (χ1v) is 23.9. The molecular weight excluding hydrogens is 942 g/mol. The van der Waals surface area contributed by atoms with Gasteiger partial charge in [0.05, 0.1) is 52.2 Å². The third kappa shape index (κ3) is 11.3. The second-order valence-electron chi connectivity index (χ2n) is 18.5. The molecule has 2 fully saturated rings. The highest BCUT2D eigenvalue weighted by Crippen LogP contribution is 2.40. The van der Waals surface area contributed by atoms with Crippen LogP contribution in [0.4, 0.5) is 24.5 Å². The maximum Gasteiger partial charge on any atom is 0.417 e. The molecule has 2 N–H and O–H groups in total. The van der Waals surface area contributed by atoms with Crippen LogP contribution in [-0.2, 0) is 36.6 Å². The molecule has 0 aliphatic carbocycles.